The third kappa shape index (κ3) is 3.70. The minimum absolute atomic E-state index is 0.00902. The fraction of sp³-hybridized carbons (Fsp3) is 0.263. The van der Waals surface area contributed by atoms with E-state index in [2.05, 4.69) is 6.07 Å². The number of ketones is 1. The van der Waals surface area contributed by atoms with Crippen molar-refractivity contribution in [3.63, 3.8) is 0 Å². The minimum Gasteiger partial charge on any atom is -0.507 e. The third-order valence-electron chi connectivity index (χ3n) is 3.58. The van der Waals surface area contributed by atoms with Crippen molar-refractivity contribution in [3.8, 4) is 17.6 Å². The molecule has 0 saturated carbocycles. The van der Waals surface area contributed by atoms with E-state index < -0.39 is 0 Å². The van der Waals surface area contributed by atoms with Gasteiger partial charge >= 0.3 is 0 Å². The lowest BCUT2D eigenvalue weighted by Crippen LogP contribution is -2.03. The molecule has 118 valence electrons. The molecule has 0 atom stereocenters. The highest BCUT2D eigenvalue weighted by Crippen LogP contribution is 2.37. The zero-order valence-corrected chi connectivity index (χ0v) is 13.5. The highest BCUT2D eigenvalue weighted by Gasteiger charge is 2.19. The number of Topliss-reactive ketones (excluding diaryl/α,β-unsaturated/α-hetero) is 1. The average molecular weight is 309 g/mol. The summed E-state index contributed by atoms with van der Waals surface area (Å²) in [5.74, 6) is 0.355. The number of aromatic hydroxyl groups is 1. The van der Waals surface area contributed by atoms with Crippen molar-refractivity contribution >= 4 is 5.78 Å². The predicted molar refractivity (Wildman–Crippen MR) is 87.7 cm³/mol. The molecule has 2 rings (SSSR count). The van der Waals surface area contributed by atoms with Crippen LogP contribution in [0, 0.1) is 11.3 Å². The molecule has 1 N–H and O–H groups in total. The molecule has 0 spiro atoms. The van der Waals surface area contributed by atoms with E-state index in [9.17, 15) is 9.90 Å². The maximum absolute atomic E-state index is 11.6. The van der Waals surface area contributed by atoms with Crippen LogP contribution in [-0.4, -0.2) is 10.9 Å². The van der Waals surface area contributed by atoms with Crippen molar-refractivity contribution in [3.05, 3.63) is 58.7 Å². The van der Waals surface area contributed by atoms with E-state index in [4.69, 9.17) is 10.00 Å². The average Bonchev–Trinajstić information content (AvgIpc) is 2.52. The Bertz CT molecular complexity index is 773. The number of phenols is 1. The molecule has 0 unspecified atom stereocenters. The highest BCUT2D eigenvalue weighted by molar-refractivity contribution is 5.97. The Labute approximate surface area is 136 Å². The molecule has 0 aliphatic carbocycles. The van der Waals surface area contributed by atoms with E-state index in [1.807, 2.05) is 19.9 Å². The van der Waals surface area contributed by atoms with Gasteiger partial charge in [0.2, 0.25) is 0 Å². The van der Waals surface area contributed by atoms with Crippen LogP contribution in [0.3, 0.4) is 0 Å². The molecule has 4 nitrogen and oxygen atoms in total. The van der Waals surface area contributed by atoms with Gasteiger partial charge in [0.25, 0.3) is 0 Å². The van der Waals surface area contributed by atoms with Crippen molar-refractivity contribution in [2.45, 2.75) is 33.3 Å². The summed E-state index contributed by atoms with van der Waals surface area (Å²) in [6.45, 7) is 5.57. The summed E-state index contributed by atoms with van der Waals surface area (Å²) in [6, 6.07) is 12.5. The lowest BCUT2D eigenvalue weighted by Gasteiger charge is -2.17. The smallest absolute Gasteiger partial charge is 0.163 e. The van der Waals surface area contributed by atoms with Crippen molar-refractivity contribution in [2.75, 3.05) is 0 Å². The molecule has 0 bridgehead atoms. The SMILES string of the molecule is CC(=O)c1ccc(OCc2cccc(C#N)c2)c(C(C)C)c1O. The van der Waals surface area contributed by atoms with Gasteiger partial charge in [-0.15, -0.1) is 0 Å². The second-order valence-electron chi connectivity index (χ2n) is 5.69. The van der Waals surface area contributed by atoms with Gasteiger partial charge in [-0.3, -0.25) is 4.79 Å². The Kier molecular flexibility index (Phi) is 5.02. The zero-order valence-electron chi connectivity index (χ0n) is 13.5. The molecule has 0 aliphatic rings. The number of ether oxygens (including phenoxy) is 1. The lowest BCUT2D eigenvalue weighted by atomic mass is 9.96. The summed E-state index contributed by atoms with van der Waals surface area (Å²) >= 11 is 0. The summed E-state index contributed by atoms with van der Waals surface area (Å²) in [5, 5.41) is 19.3. The molecule has 0 aromatic heterocycles. The van der Waals surface area contributed by atoms with Gasteiger partial charge < -0.3 is 9.84 Å². The summed E-state index contributed by atoms with van der Waals surface area (Å²) in [6.07, 6.45) is 0. The normalized spacial score (nSPS) is 10.4. The van der Waals surface area contributed by atoms with Crippen molar-refractivity contribution in [1.29, 1.82) is 5.26 Å². The van der Waals surface area contributed by atoms with Gasteiger partial charge in [0.05, 0.1) is 17.2 Å². The number of hydrogen-bond donors (Lipinski definition) is 1. The van der Waals surface area contributed by atoms with Gasteiger partial charge in [-0.25, -0.2) is 0 Å². The van der Waals surface area contributed by atoms with Gasteiger partial charge in [-0.05, 0) is 42.7 Å². The molecule has 0 fully saturated rings. The molecule has 4 heteroatoms. The minimum atomic E-state index is -0.183. The Hall–Kier alpha value is -2.80. The Morgan fingerprint density at radius 2 is 2.04 bits per heavy atom. The largest absolute Gasteiger partial charge is 0.507 e. The fourth-order valence-electron chi connectivity index (χ4n) is 2.45. The van der Waals surface area contributed by atoms with Crippen LogP contribution in [-0.2, 0) is 6.61 Å². The van der Waals surface area contributed by atoms with E-state index in [0.717, 1.165) is 5.56 Å². The summed E-state index contributed by atoms with van der Waals surface area (Å²) in [4.78, 5) is 11.6. The molecule has 0 heterocycles. The van der Waals surface area contributed by atoms with Crippen LogP contribution in [0.5, 0.6) is 11.5 Å². The monoisotopic (exact) mass is 309 g/mol. The molecular formula is C19H19NO3. The van der Waals surface area contributed by atoms with Crippen molar-refractivity contribution in [2.24, 2.45) is 0 Å². The second-order valence-corrected chi connectivity index (χ2v) is 5.69. The van der Waals surface area contributed by atoms with Gasteiger partial charge in [0.15, 0.2) is 5.78 Å². The Morgan fingerprint density at radius 1 is 1.30 bits per heavy atom. The van der Waals surface area contributed by atoms with Crippen molar-refractivity contribution in [1.82, 2.24) is 0 Å². The topological polar surface area (TPSA) is 70.3 Å². The van der Waals surface area contributed by atoms with Crippen LogP contribution >= 0.6 is 0 Å². The number of nitrogens with zero attached hydrogens (tertiary/aromatic N) is 1. The van der Waals surface area contributed by atoms with Crippen LogP contribution in [0.15, 0.2) is 36.4 Å². The first kappa shape index (κ1) is 16.6. The van der Waals surface area contributed by atoms with Crippen LogP contribution in [0.25, 0.3) is 0 Å². The van der Waals surface area contributed by atoms with Crippen LogP contribution in [0.4, 0.5) is 0 Å². The number of phenolic OH excluding ortho intramolecular Hbond substituents is 1. The van der Waals surface area contributed by atoms with Crippen LogP contribution in [0.1, 0.15) is 53.7 Å². The molecule has 0 aliphatic heterocycles. The maximum atomic E-state index is 11.6. The number of nitriles is 1. The lowest BCUT2D eigenvalue weighted by molar-refractivity contribution is 0.101. The number of carbonyl (C=O) groups excluding carboxylic acids is 1. The molecule has 2 aromatic rings. The van der Waals surface area contributed by atoms with E-state index in [-0.39, 0.29) is 24.1 Å². The van der Waals surface area contributed by atoms with Gasteiger partial charge in [0.1, 0.15) is 18.1 Å². The van der Waals surface area contributed by atoms with E-state index in [1.54, 1.807) is 30.3 Å². The zero-order chi connectivity index (χ0) is 17.0. The molecule has 0 saturated heterocycles. The van der Waals surface area contributed by atoms with Crippen LogP contribution < -0.4 is 4.74 Å². The number of hydrogen-bond acceptors (Lipinski definition) is 4. The summed E-state index contributed by atoms with van der Waals surface area (Å²) in [7, 11) is 0. The third-order valence-corrected chi connectivity index (χ3v) is 3.58. The van der Waals surface area contributed by atoms with E-state index >= 15 is 0 Å². The Morgan fingerprint density at radius 3 is 2.65 bits per heavy atom. The van der Waals surface area contributed by atoms with Crippen molar-refractivity contribution < 1.29 is 14.6 Å². The molecule has 2 aromatic carbocycles. The number of benzene rings is 2. The highest BCUT2D eigenvalue weighted by atomic mass is 16.5. The van der Waals surface area contributed by atoms with E-state index in [0.29, 0.717) is 22.4 Å². The maximum Gasteiger partial charge on any atom is 0.163 e. The predicted octanol–water partition coefficient (Wildman–Crippen LogP) is 4.17. The van der Waals surface area contributed by atoms with E-state index in [1.165, 1.54) is 6.92 Å². The Balaban J connectivity index is 2.31. The quantitative estimate of drug-likeness (QED) is 0.842. The van der Waals surface area contributed by atoms with Gasteiger partial charge in [-0.2, -0.15) is 5.26 Å². The first-order chi connectivity index (χ1) is 10.9. The standard InChI is InChI=1S/C19H19NO3/c1-12(2)18-17(8-7-16(13(3)21)19(18)22)23-11-15-6-4-5-14(9-15)10-20/h4-9,12,22H,11H2,1-3H3. The van der Waals surface area contributed by atoms with Gasteiger partial charge in [0, 0.05) is 5.56 Å². The fourth-order valence-corrected chi connectivity index (χ4v) is 2.45. The molecule has 23 heavy (non-hydrogen) atoms. The van der Waals surface area contributed by atoms with Crippen LogP contribution in [0.2, 0.25) is 0 Å². The summed E-state index contributed by atoms with van der Waals surface area (Å²) < 4.78 is 5.82. The van der Waals surface area contributed by atoms with Gasteiger partial charge in [-0.1, -0.05) is 26.0 Å². The first-order valence-electron chi connectivity index (χ1n) is 7.42. The molecule has 0 radical (unpaired) electrons. The molecule has 0 amide bonds. The summed E-state index contributed by atoms with van der Waals surface area (Å²) in [5.41, 5.74) is 2.36. The number of carbonyl (C=O) groups is 1. The second kappa shape index (κ2) is 6.97. The number of rotatable bonds is 5. The first-order valence-corrected chi connectivity index (χ1v) is 7.42. The molecular weight excluding hydrogens is 290 g/mol.